The predicted molar refractivity (Wildman–Crippen MR) is 70.7 cm³/mol. The Bertz CT molecular complexity index is 430. The van der Waals surface area contributed by atoms with Gasteiger partial charge in [-0.25, -0.2) is 0 Å². The lowest BCUT2D eigenvalue weighted by Crippen LogP contribution is -2.31. The zero-order valence-electron chi connectivity index (χ0n) is 9.89. The van der Waals surface area contributed by atoms with Gasteiger partial charge in [0.05, 0.1) is 0 Å². The summed E-state index contributed by atoms with van der Waals surface area (Å²) < 4.78 is 0. The van der Waals surface area contributed by atoms with E-state index in [1.54, 1.807) is 0 Å². The summed E-state index contributed by atoms with van der Waals surface area (Å²) in [5, 5.41) is 0.780. The predicted octanol–water partition coefficient (Wildman–Crippen LogP) is 3.75. The summed E-state index contributed by atoms with van der Waals surface area (Å²) in [5.41, 5.74) is 9.67. The van der Waals surface area contributed by atoms with Gasteiger partial charge in [-0.05, 0) is 49.9 Å². The van der Waals surface area contributed by atoms with Gasteiger partial charge >= 0.3 is 0 Å². The maximum Gasteiger partial charge on any atom is 0.0415 e. The van der Waals surface area contributed by atoms with Crippen LogP contribution in [-0.2, 0) is 5.41 Å². The van der Waals surface area contributed by atoms with E-state index in [0.29, 0.717) is 0 Å². The van der Waals surface area contributed by atoms with Crippen LogP contribution in [0.5, 0.6) is 0 Å². The molecular formula is C14H18ClN. The first-order chi connectivity index (χ1) is 7.45. The summed E-state index contributed by atoms with van der Waals surface area (Å²) in [6.07, 6.45) is 2.33. The van der Waals surface area contributed by atoms with Gasteiger partial charge < -0.3 is 5.73 Å². The molecule has 1 saturated carbocycles. The Hall–Kier alpha value is -0.790. The molecular weight excluding hydrogens is 218 g/mol. The van der Waals surface area contributed by atoms with Crippen molar-refractivity contribution >= 4 is 17.2 Å². The van der Waals surface area contributed by atoms with E-state index >= 15 is 0 Å². The highest BCUT2D eigenvalue weighted by molar-refractivity contribution is 6.30. The Morgan fingerprint density at radius 2 is 2.06 bits per heavy atom. The summed E-state index contributed by atoms with van der Waals surface area (Å²) >= 11 is 6.15. The van der Waals surface area contributed by atoms with Gasteiger partial charge in [0.2, 0.25) is 0 Å². The maximum atomic E-state index is 6.15. The monoisotopic (exact) mass is 235 g/mol. The molecule has 0 heterocycles. The molecule has 1 fully saturated rings. The molecule has 0 aliphatic heterocycles. The second-order valence-electron chi connectivity index (χ2n) is 4.95. The van der Waals surface area contributed by atoms with Crippen molar-refractivity contribution in [3.63, 3.8) is 0 Å². The minimum Gasteiger partial charge on any atom is -0.327 e. The first-order valence-electron chi connectivity index (χ1n) is 5.68. The number of allylic oxidation sites excluding steroid dienone is 1. The van der Waals surface area contributed by atoms with Crippen molar-refractivity contribution in [1.29, 1.82) is 0 Å². The maximum absolute atomic E-state index is 6.15. The summed E-state index contributed by atoms with van der Waals surface area (Å²) in [7, 11) is 0. The number of nitrogens with two attached hydrogens (primary N) is 1. The van der Waals surface area contributed by atoms with Gasteiger partial charge in [-0.15, -0.1) is 0 Å². The normalized spacial score (nSPS) is 19.2. The number of benzene rings is 1. The number of halogens is 1. The van der Waals surface area contributed by atoms with Crippen LogP contribution in [0, 0.1) is 0 Å². The quantitative estimate of drug-likeness (QED) is 0.849. The molecule has 1 aliphatic rings. The Morgan fingerprint density at radius 3 is 2.50 bits per heavy atom. The van der Waals surface area contributed by atoms with E-state index in [-0.39, 0.29) is 11.5 Å². The molecule has 86 valence electrons. The van der Waals surface area contributed by atoms with Crippen molar-refractivity contribution in [2.75, 3.05) is 0 Å². The zero-order valence-corrected chi connectivity index (χ0v) is 10.6. The van der Waals surface area contributed by atoms with Crippen LogP contribution in [0.25, 0.3) is 5.57 Å². The molecule has 2 rings (SSSR count). The standard InChI is InChI=1S/C14H18ClN/c1-9(2)11-6-12(8-13(15)7-11)14(4-5-14)10(3)16/h6-8,10H,1,4-5,16H2,2-3H3. The highest BCUT2D eigenvalue weighted by Gasteiger charge is 2.47. The summed E-state index contributed by atoms with van der Waals surface area (Å²) in [5.74, 6) is 0. The molecule has 0 radical (unpaired) electrons. The van der Waals surface area contributed by atoms with Gasteiger partial charge in [-0.2, -0.15) is 0 Å². The lowest BCUT2D eigenvalue weighted by atomic mass is 9.88. The molecule has 2 heteroatoms. The molecule has 2 N–H and O–H groups in total. The Morgan fingerprint density at radius 1 is 1.44 bits per heavy atom. The van der Waals surface area contributed by atoms with Crippen LogP contribution in [0.15, 0.2) is 24.8 Å². The van der Waals surface area contributed by atoms with E-state index in [1.165, 1.54) is 18.4 Å². The second-order valence-corrected chi connectivity index (χ2v) is 5.39. The van der Waals surface area contributed by atoms with E-state index in [9.17, 15) is 0 Å². The fourth-order valence-electron chi connectivity index (χ4n) is 2.27. The van der Waals surface area contributed by atoms with Gasteiger partial charge in [0.15, 0.2) is 0 Å². The molecule has 0 saturated heterocycles. The van der Waals surface area contributed by atoms with Crippen LogP contribution in [0.3, 0.4) is 0 Å². The Kier molecular flexibility index (Phi) is 2.85. The van der Waals surface area contributed by atoms with Crippen LogP contribution in [0.1, 0.15) is 37.8 Å². The molecule has 16 heavy (non-hydrogen) atoms. The Balaban J connectivity index is 2.46. The highest BCUT2D eigenvalue weighted by Crippen LogP contribution is 2.51. The lowest BCUT2D eigenvalue weighted by Gasteiger charge is -2.21. The highest BCUT2D eigenvalue weighted by atomic mass is 35.5. The second kappa shape index (κ2) is 3.90. The van der Waals surface area contributed by atoms with Crippen molar-refractivity contribution in [2.24, 2.45) is 5.73 Å². The third kappa shape index (κ3) is 1.90. The first kappa shape index (κ1) is 11.7. The molecule has 1 unspecified atom stereocenters. The third-order valence-electron chi connectivity index (χ3n) is 3.63. The minimum absolute atomic E-state index is 0.162. The van der Waals surface area contributed by atoms with Crippen molar-refractivity contribution in [3.05, 3.63) is 40.9 Å². The molecule has 0 amide bonds. The number of rotatable bonds is 3. The van der Waals surface area contributed by atoms with Crippen LogP contribution in [-0.4, -0.2) is 6.04 Å². The molecule has 0 aromatic heterocycles. The SMILES string of the molecule is C=C(C)c1cc(Cl)cc(C2(C(C)N)CC2)c1. The Labute approximate surface area is 102 Å². The summed E-state index contributed by atoms with van der Waals surface area (Å²) in [6.45, 7) is 8.04. The van der Waals surface area contributed by atoms with Crippen LogP contribution < -0.4 is 5.73 Å². The molecule has 0 spiro atoms. The van der Waals surface area contributed by atoms with Gasteiger partial charge in [-0.3, -0.25) is 0 Å². The smallest absolute Gasteiger partial charge is 0.0415 e. The molecule has 1 aliphatic carbocycles. The van der Waals surface area contributed by atoms with E-state index in [1.807, 2.05) is 19.1 Å². The third-order valence-corrected chi connectivity index (χ3v) is 3.84. The van der Waals surface area contributed by atoms with Crippen molar-refractivity contribution in [1.82, 2.24) is 0 Å². The fraction of sp³-hybridized carbons (Fsp3) is 0.429. The average molecular weight is 236 g/mol. The summed E-state index contributed by atoms with van der Waals surface area (Å²) in [4.78, 5) is 0. The lowest BCUT2D eigenvalue weighted by molar-refractivity contribution is 0.556. The number of hydrogen-bond donors (Lipinski definition) is 1. The van der Waals surface area contributed by atoms with E-state index in [0.717, 1.165) is 16.2 Å². The molecule has 1 aromatic rings. The largest absolute Gasteiger partial charge is 0.327 e. The fourth-order valence-corrected chi connectivity index (χ4v) is 2.50. The van der Waals surface area contributed by atoms with E-state index < -0.39 is 0 Å². The van der Waals surface area contributed by atoms with E-state index in [2.05, 4.69) is 19.6 Å². The van der Waals surface area contributed by atoms with Crippen molar-refractivity contribution in [2.45, 2.75) is 38.1 Å². The molecule has 0 bridgehead atoms. The zero-order chi connectivity index (χ0) is 11.9. The van der Waals surface area contributed by atoms with Crippen molar-refractivity contribution in [3.8, 4) is 0 Å². The van der Waals surface area contributed by atoms with Gasteiger partial charge in [-0.1, -0.05) is 29.8 Å². The average Bonchev–Trinajstić information content (AvgIpc) is 2.97. The molecule has 1 atom stereocenters. The van der Waals surface area contributed by atoms with Gasteiger partial charge in [0, 0.05) is 16.5 Å². The van der Waals surface area contributed by atoms with Gasteiger partial charge in [0.25, 0.3) is 0 Å². The first-order valence-corrected chi connectivity index (χ1v) is 6.06. The van der Waals surface area contributed by atoms with Crippen molar-refractivity contribution < 1.29 is 0 Å². The molecule has 1 aromatic carbocycles. The van der Waals surface area contributed by atoms with Crippen LogP contribution >= 0.6 is 11.6 Å². The topological polar surface area (TPSA) is 26.0 Å². The minimum atomic E-state index is 0.162. The van der Waals surface area contributed by atoms with E-state index in [4.69, 9.17) is 17.3 Å². The number of hydrogen-bond acceptors (Lipinski definition) is 1. The molecule has 1 nitrogen and oxygen atoms in total. The summed E-state index contributed by atoms with van der Waals surface area (Å²) in [6, 6.07) is 6.38. The van der Waals surface area contributed by atoms with Crippen LogP contribution in [0.2, 0.25) is 5.02 Å². The van der Waals surface area contributed by atoms with Crippen LogP contribution in [0.4, 0.5) is 0 Å². The van der Waals surface area contributed by atoms with Gasteiger partial charge in [0.1, 0.15) is 0 Å².